The molecule has 3 heterocycles. The Kier molecular flexibility index (Phi) is 8.78. The van der Waals surface area contributed by atoms with E-state index in [1.807, 2.05) is 62.6 Å². The van der Waals surface area contributed by atoms with Crippen LogP contribution in [0.3, 0.4) is 0 Å². The van der Waals surface area contributed by atoms with E-state index >= 15 is 0 Å². The first-order valence-electron chi connectivity index (χ1n) is 13.8. The number of carbonyl (C=O) groups excluding carboxylic acids is 2. The number of amides is 2. The van der Waals surface area contributed by atoms with Crippen LogP contribution >= 0.6 is 34.5 Å². The highest BCUT2D eigenvalue weighted by Gasteiger charge is 2.29. The quantitative estimate of drug-likeness (QED) is 0.288. The molecule has 1 fully saturated rings. The van der Waals surface area contributed by atoms with Gasteiger partial charge >= 0.3 is 6.09 Å². The third-order valence-electron chi connectivity index (χ3n) is 7.00. The maximum absolute atomic E-state index is 12.4. The lowest BCUT2D eigenvalue weighted by atomic mass is 10.1. The number of nitrogens with two attached hydrogens (primary N) is 1. The number of thiophene rings is 1. The standard InChI is InChI=1S/C30H34Cl2N4O5S/c1-17(39-24-15-25(42-27(24)28(33)37)36-16-34-21-14-18(31)8-9-22(21)36)20-6-5-7-23(26(20)32)40-19-10-12-35(13-11-19)29(38)41-30(2,3)4/h5-9,15-19H,10-14H2,1-4H3,(H2,33,37). The normalized spacial score (nSPS) is 18.0. The smallest absolute Gasteiger partial charge is 0.410 e. The van der Waals surface area contributed by atoms with Crippen molar-refractivity contribution in [2.24, 2.45) is 5.73 Å². The number of nitrogens with zero attached hydrogens (tertiary/aromatic N) is 3. The number of aromatic nitrogens is 2. The molecule has 2 amide bonds. The molecule has 9 nitrogen and oxygen atoms in total. The van der Waals surface area contributed by atoms with E-state index in [-0.39, 0.29) is 17.6 Å². The molecule has 5 rings (SSSR count). The lowest BCUT2D eigenvalue weighted by Gasteiger charge is -2.33. The SMILES string of the molecule is CC(Oc1cc(-n2cnc3c2C=CC(Cl)C3)sc1C(N)=O)c1cccc(OC2CCN(C(=O)OC(C)(C)C)CC2)c1Cl. The van der Waals surface area contributed by atoms with Gasteiger partial charge in [-0.2, -0.15) is 0 Å². The highest BCUT2D eigenvalue weighted by Crippen LogP contribution is 2.39. The Balaban J connectivity index is 1.28. The third kappa shape index (κ3) is 6.71. The molecule has 2 aliphatic rings. The van der Waals surface area contributed by atoms with Crippen molar-refractivity contribution in [1.29, 1.82) is 0 Å². The van der Waals surface area contributed by atoms with Crippen LogP contribution in [0, 0.1) is 0 Å². The summed E-state index contributed by atoms with van der Waals surface area (Å²) in [5.74, 6) is 0.319. The van der Waals surface area contributed by atoms with Crippen molar-refractivity contribution in [2.75, 3.05) is 13.1 Å². The zero-order chi connectivity index (χ0) is 30.2. The molecule has 0 bridgehead atoms. The molecule has 12 heteroatoms. The predicted octanol–water partition coefficient (Wildman–Crippen LogP) is 6.78. The number of halogens is 2. The van der Waals surface area contributed by atoms with E-state index in [2.05, 4.69) is 4.98 Å². The number of hydrogen-bond acceptors (Lipinski definition) is 7. The summed E-state index contributed by atoms with van der Waals surface area (Å²) in [4.78, 5) is 31.2. The fourth-order valence-corrected chi connectivity index (χ4v) is 6.41. The Morgan fingerprint density at radius 3 is 2.62 bits per heavy atom. The van der Waals surface area contributed by atoms with Crippen molar-refractivity contribution in [3.8, 4) is 16.5 Å². The van der Waals surface area contributed by atoms with E-state index in [4.69, 9.17) is 43.1 Å². The van der Waals surface area contributed by atoms with E-state index < -0.39 is 17.6 Å². The molecule has 3 aromatic rings. The molecule has 1 aromatic carbocycles. The number of carbonyl (C=O) groups is 2. The van der Waals surface area contributed by atoms with Crippen LogP contribution in [-0.2, 0) is 11.2 Å². The lowest BCUT2D eigenvalue weighted by molar-refractivity contribution is 0.0126. The lowest BCUT2D eigenvalue weighted by Crippen LogP contribution is -2.44. The molecular formula is C30H34Cl2N4O5S. The van der Waals surface area contributed by atoms with Crippen LogP contribution in [0.5, 0.6) is 11.5 Å². The summed E-state index contributed by atoms with van der Waals surface area (Å²) in [5, 5.41) is 1.08. The molecule has 0 spiro atoms. The van der Waals surface area contributed by atoms with Crippen molar-refractivity contribution < 1.29 is 23.8 Å². The average Bonchev–Trinajstić information content (AvgIpc) is 3.53. The van der Waals surface area contributed by atoms with Crippen molar-refractivity contribution >= 4 is 52.6 Å². The second-order valence-corrected chi connectivity index (χ2v) is 13.3. The number of likely N-dealkylation sites (tertiary alicyclic amines) is 1. The van der Waals surface area contributed by atoms with Crippen molar-refractivity contribution in [2.45, 2.75) is 70.1 Å². The van der Waals surface area contributed by atoms with Crippen LogP contribution < -0.4 is 15.2 Å². The van der Waals surface area contributed by atoms with Gasteiger partial charge in [-0.1, -0.05) is 29.8 Å². The number of allylic oxidation sites excluding steroid dienone is 1. The van der Waals surface area contributed by atoms with Gasteiger partial charge in [-0.05, 0) is 39.8 Å². The number of rotatable bonds is 7. The number of alkyl halides is 1. The zero-order valence-corrected chi connectivity index (χ0v) is 26.3. The first-order chi connectivity index (χ1) is 19.9. The monoisotopic (exact) mass is 632 g/mol. The highest BCUT2D eigenvalue weighted by atomic mass is 35.5. The number of benzene rings is 1. The molecule has 2 aromatic heterocycles. The fraction of sp³-hybridized carbons (Fsp3) is 0.433. The summed E-state index contributed by atoms with van der Waals surface area (Å²) in [6, 6.07) is 7.32. The predicted molar refractivity (Wildman–Crippen MR) is 164 cm³/mol. The van der Waals surface area contributed by atoms with Crippen LogP contribution in [0.1, 0.15) is 73.3 Å². The molecule has 224 valence electrons. The summed E-state index contributed by atoms with van der Waals surface area (Å²) in [6.07, 6.45) is 6.59. The van der Waals surface area contributed by atoms with Gasteiger partial charge in [0.25, 0.3) is 5.91 Å². The Morgan fingerprint density at radius 1 is 1.19 bits per heavy atom. The highest BCUT2D eigenvalue weighted by molar-refractivity contribution is 7.16. The Labute approximate surface area is 259 Å². The van der Waals surface area contributed by atoms with Crippen molar-refractivity contribution in [3.63, 3.8) is 0 Å². The third-order valence-corrected chi connectivity index (χ3v) is 8.84. The topological polar surface area (TPSA) is 109 Å². The van der Waals surface area contributed by atoms with Gasteiger partial charge in [-0.15, -0.1) is 22.9 Å². The van der Waals surface area contributed by atoms with Crippen LogP contribution in [0.4, 0.5) is 4.79 Å². The number of ether oxygens (including phenoxy) is 3. The molecule has 1 aliphatic carbocycles. The largest absolute Gasteiger partial charge is 0.489 e. The molecule has 2 unspecified atom stereocenters. The Hall–Kier alpha value is -3.21. The van der Waals surface area contributed by atoms with Gasteiger partial charge < -0.3 is 24.8 Å². The van der Waals surface area contributed by atoms with E-state index in [1.54, 1.807) is 17.3 Å². The molecule has 2 atom stereocenters. The van der Waals surface area contributed by atoms with E-state index in [9.17, 15) is 9.59 Å². The first-order valence-corrected chi connectivity index (χ1v) is 15.4. The van der Waals surface area contributed by atoms with Gasteiger partial charge in [0.1, 0.15) is 45.5 Å². The minimum atomic E-state index is -0.584. The summed E-state index contributed by atoms with van der Waals surface area (Å²) in [6.45, 7) is 8.49. The molecule has 0 saturated carbocycles. The summed E-state index contributed by atoms with van der Waals surface area (Å²) < 4.78 is 19.9. The summed E-state index contributed by atoms with van der Waals surface area (Å²) in [7, 11) is 0. The molecule has 0 radical (unpaired) electrons. The molecule has 42 heavy (non-hydrogen) atoms. The maximum Gasteiger partial charge on any atom is 0.410 e. The van der Waals surface area contributed by atoms with Crippen LogP contribution in [0.2, 0.25) is 5.02 Å². The van der Waals surface area contributed by atoms with Crippen molar-refractivity contribution in [3.05, 3.63) is 63.5 Å². The second kappa shape index (κ2) is 12.2. The van der Waals surface area contributed by atoms with Gasteiger partial charge in [0.15, 0.2) is 0 Å². The van der Waals surface area contributed by atoms with Gasteiger partial charge in [0.05, 0.1) is 21.8 Å². The van der Waals surface area contributed by atoms with Gasteiger partial charge in [0.2, 0.25) is 0 Å². The minimum absolute atomic E-state index is 0.0976. The maximum atomic E-state index is 12.4. The Bertz CT molecular complexity index is 1500. The van der Waals surface area contributed by atoms with Crippen LogP contribution in [0.15, 0.2) is 36.7 Å². The van der Waals surface area contributed by atoms with Gasteiger partial charge in [-0.3, -0.25) is 9.36 Å². The van der Waals surface area contributed by atoms with E-state index in [0.717, 1.165) is 16.4 Å². The molecule has 1 aliphatic heterocycles. The fourth-order valence-electron chi connectivity index (χ4n) is 4.94. The van der Waals surface area contributed by atoms with Crippen LogP contribution in [-0.4, -0.2) is 56.6 Å². The van der Waals surface area contributed by atoms with E-state index in [0.29, 0.717) is 59.3 Å². The summed E-state index contributed by atoms with van der Waals surface area (Å²) in [5.41, 5.74) is 7.70. The number of hydrogen-bond donors (Lipinski definition) is 1. The summed E-state index contributed by atoms with van der Waals surface area (Å²) >= 11 is 14.3. The average molecular weight is 634 g/mol. The molecular weight excluding hydrogens is 599 g/mol. The number of primary amides is 1. The van der Waals surface area contributed by atoms with Gasteiger partial charge in [-0.25, -0.2) is 9.78 Å². The molecule has 1 saturated heterocycles. The number of piperidine rings is 1. The zero-order valence-electron chi connectivity index (χ0n) is 23.9. The van der Waals surface area contributed by atoms with Crippen molar-refractivity contribution in [1.82, 2.24) is 14.5 Å². The van der Waals surface area contributed by atoms with Gasteiger partial charge in [0, 0.05) is 44.0 Å². The minimum Gasteiger partial charge on any atom is -0.489 e. The second-order valence-electron chi connectivity index (χ2n) is 11.4. The Morgan fingerprint density at radius 2 is 1.93 bits per heavy atom. The molecule has 2 N–H and O–H groups in total. The van der Waals surface area contributed by atoms with Crippen LogP contribution in [0.25, 0.3) is 11.1 Å². The number of fused-ring (bicyclic) bond motifs is 1. The van der Waals surface area contributed by atoms with E-state index in [1.165, 1.54) is 11.3 Å². The first kappa shape index (κ1) is 30.3. The number of imidazole rings is 1.